The molecule has 5 aliphatic rings. The van der Waals surface area contributed by atoms with Gasteiger partial charge in [-0.2, -0.15) is 0 Å². The van der Waals surface area contributed by atoms with E-state index in [9.17, 15) is 13.9 Å². The Hall–Kier alpha value is -0.960. The second-order valence-electron chi connectivity index (χ2n) is 8.77. The molecule has 0 radical (unpaired) electrons. The molecule has 0 amide bonds. The Bertz CT molecular complexity index is 814. The van der Waals surface area contributed by atoms with Crippen molar-refractivity contribution in [2.24, 2.45) is 58.1 Å². The topological polar surface area (TPSA) is 70.6 Å². The minimum atomic E-state index is -0.753. The van der Waals surface area contributed by atoms with Gasteiger partial charge in [0.15, 0.2) is 5.96 Å². The van der Waals surface area contributed by atoms with Crippen molar-refractivity contribution in [3.8, 4) is 0 Å². The number of fused-ring (bicyclic) bond motifs is 2. The van der Waals surface area contributed by atoms with Crippen LogP contribution >= 0.6 is 24.0 Å². The first-order valence-electron chi connectivity index (χ1n) is 9.23. The normalized spacial score (nSPS) is 48.7. The fourth-order valence-electron chi connectivity index (χ4n) is 7.92. The first-order valence-corrected chi connectivity index (χ1v) is 9.23. The Morgan fingerprint density at radius 2 is 1.88 bits per heavy atom. The number of nitrogens with zero attached hydrogens (tertiary/aromatic N) is 1. The second-order valence-corrected chi connectivity index (χ2v) is 8.77. The maximum absolute atomic E-state index is 13.7. The van der Waals surface area contributed by atoms with E-state index in [2.05, 4.69) is 10.3 Å². The molecule has 1 aromatic carbocycles. The fourth-order valence-corrected chi connectivity index (χ4v) is 7.92. The Labute approximate surface area is 167 Å². The van der Waals surface area contributed by atoms with E-state index in [-0.39, 0.29) is 42.2 Å². The number of aliphatic imine (C=N–C) groups is 1. The fraction of sp³-hybridized carbons (Fsp3) is 0.632. The van der Waals surface area contributed by atoms with Gasteiger partial charge in [0.25, 0.3) is 0 Å². The van der Waals surface area contributed by atoms with Gasteiger partial charge in [0.05, 0.1) is 17.8 Å². The second kappa shape index (κ2) is 5.31. The summed E-state index contributed by atoms with van der Waals surface area (Å²) in [5.41, 5.74) is 5.10. The summed E-state index contributed by atoms with van der Waals surface area (Å²) in [5, 5.41) is 14.1. The van der Waals surface area contributed by atoms with E-state index in [1.165, 1.54) is 12.8 Å². The molecule has 0 spiro atoms. The maximum Gasteiger partial charge on any atom is 0.193 e. The van der Waals surface area contributed by atoms with Crippen LogP contribution in [0.5, 0.6) is 0 Å². The predicted molar refractivity (Wildman–Crippen MR) is 104 cm³/mol. The zero-order valence-corrected chi connectivity index (χ0v) is 16.4. The molecule has 0 aromatic heterocycles. The van der Waals surface area contributed by atoms with Crippen molar-refractivity contribution in [3.05, 3.63) is 29.8 Å². The Balaban J connectivity index is 0.00000150. The van der Waals surface area contributed by atoms with E-state index in [1.807, 2.05) is 0 Å². The third-order valence-corrected chi connectivity index (χ3v) is 8.21. The molecule has 26 heavy (non-hydrogen) atoms. The molecule has 6 rings (SSSR count). The number of nitrogens with one attached hydrogen (secondary N) is 1. The van der Waals surface area contributed by atoms with Gasteiger partial charge in [-0.05, 0) is 72.3 Å². The number of rotatable bonds is 3. The van der Waals surface area contributed by atoms with Crippen molar-refractivity contribution in [3.63, 3.8) is 0 Å². The van der Waals surface area contributed by atoms with Crippen LogP contribution in [0.15, 0.2) is 23.2 Å². The van der Waals surface area contributed by atoms with Crippen molar-refractivity contribution in [1.29, 1.82) is 0 Å². The van der Waals surface area contributed by atoms with Gasteiger partial charge in [-0.15, -0.1) is 24.0 Å². The monoisotopic (exact) mass is 473 g/mol. The standard InChI is InChI=1S/C19H21F2N3O.HI/c20-7-1-2-12(21)13(3-7)24-18(22)23-6-19(25)16-9-5-10-14-8(9)4-11(16)15(14)17(10)19;/h1-3,8-11,14-17,25H,4-6H2,(H3,22,23,24);1H. The van der Waals surface area contributed by atoms with Crippen molar-refractivity contribution in [2.45, 2.75) is 18.4 Å². The molecule has 5 aliphatic carbocycles. The first kappa shape index (κ1) is 17.2. The van der Waals surface area contributed by atoms with Crippen LogP contribution in [0.2, 0.25) is 0 Å². The Kier molecular flexibility index (Phi) is 3.50. The number of guanidine groups is 1. The number of anilines is 1. The van der Waals surface area contributed by atoms with E-state index in [0.29, 0.717) is 35.5 Å². The van der Waals surface area contributed by atoms with Crippen molar-refractivity contribution in [1.82, 2.24) is 0 Å². The van der Waals surface area contributed by atoms with Crippen LogP contribution in [-0.4, -0.2) is 23.2 Å². The molecular formula is C19H22F2IN3O. The van der Waals surface area contributed by atoms with Crippen molar-refractivity contribution < 1.29 is 13.9 Å². The molecule has 7 heteroatoms. The van der Waals surface area contributed by atoms with Crippen LogP contribution in [0, 0.1) is 59.0 Å². The highest BCUT2D eigenvalue weighted by Crippen LogP contribution is 2.85. The largest absolute Gasteiger partial charge is 0.387 e. The Morgan fingerprint density at radius 3 is 2.69 bits per heavy atom. The van der Waals surface area contributed by atoms with Gasteiger partial charge in [-0.1, -0.05) is 0 Å². The zero-order chi connectivity index (χ0) is 17.1. The summed E-state index contributed by atoms with van der Waals surface area (Å²) in [5.74, 6) is 4.08. The molecule has 0 saturated heterocycles. The average molecular weight is 473 g/mol. The van der Waals surface area contributed by atoms with Crippen molar-refractivity contribution in [2.75, 3.05) is 11.9 Å². The molecule has 0 heterocycles. The molecule has 4 nitrogen and oxygen atoms in total. The van der Waals surface area contributed by atoms with Gasteiger partial charge in [-0.25, -0.2) is 8.78 Å². The lowest BCUT2D eigenvalue weighted by Crippen LogP contribution is -2.56. The number of halogens is 3. The highest BCUT2D eigenvalue weighted by molar-refractivity contribution is 14.0. The van der Waals surface area contributed by atoms with Crippen LogP contribution in [-0.2, 0) is 0 Å². The molecule has 4 N–H and O–H groups in total. The minimum absolute atomic E-state index is 0. The lowest BCUT2D eigenvalue weighted by Gasteiger charge is -2.51. The minimum Gasteiger partial charge on any atom is -0.387 e. The number of hydrogen-bond acceptors (Lipinski definition) is 2. The summed E-state index contributed by atoms with van der Waals surface area (Å²) in [6.45, 7) is 0.261. The molecule has 1 aromatic rings. The molecule has 2 bridgehead atoms. The third kappa shape index (κ3) is 1.84. The molecule has 5 saturated carbocycles. The van der Waals surface area contributed by atoms with E-state index in [1.54, 1.807) is 0 Å². The van der Waals surface area contributed by atoms with Crippen LogP contribution in [0.25, 0.3) is 0 Å². The summed E-state index contributed by atoms with van der Waals surface area (Å²) in [7, 11) is 0. The summed E-state index contributed by atoms with van der Waals surface area (Å²) in [6.07, 6.45) is 2.60. The predicted octanol–water partition coefficient (Wildman–Crippen LogP) is 2.82. The van der Waals surface area contributed by atoms with E-state index in [4.69, 9.17) is 5.73 Å². The number of benzene rings is 1. The smallest absolute Gasteiger partial charge is 0.193 e. The van der Waals surface area contributed by atoms with Gasteiger partial charge in [-0.3, -0.25) is 4.99 Å². The van der Waals surface area contributed by atoms with Gasteiger partial charge >= 0.3 is 0 Å². The summed E-state index contributed by atoms with van der Waals surface area (Å²) < 4.78 is 27.0. The van der Waals surface area contributed by atoms with E-state index >= 15 is 0 Å². The quantitative estimate of drug-likeness (QED) is 0.360. The number of aliphatic hydroxyl groups is 1. The van der Waals surface area contributed by atoms with E-state index < -0.39 is 17.2 Å². The first-order chi connectivity index (χ1) is 12.0. The van der Waals surface area contributed by atoms with Crippen LogP contribution in [0.1, 0.15) is 12.8 Å². The summed E-state index contributed by atoms with van der Waals surface area (Å²) in [4.78, 5) is 4.33. The third-order valence-electron chi connectivity index (χ3n) is 8.21. The van der Waals surface area contributed by atoms with Gasteiger partial charge in [0.1, 0.15) is 11.6 Å². The van der Waals surface area contributed by atoms with Gasteiger partial charge in [0.2, 0.25) is 0 Å². The van der Waals surface area contributed by atoms with Crippen LogP contribution in [0.3, 0.4) is 0 Å². The lowest BCUT2D eigenvalue weighted by molar-refractivity contribution is -0.123. The summed E-state index contributed by atoms with van der Waals surface area (Å²) in [6, 6.07) is 3.16. The molecule has 0 aliphatic heterocycles. The summed E-state index contributed by atoms with van der Waals surface area (Å²) >= 11 is 0. The molecule has 5 fully saturated rings. The van der Waals surface area contributed by atoms with Crippen LogP contribution in [0.4, 0.5) is 14.5 Å². The van der Waals surface area contributed by atoms with E-state index in [0.717, 1.165) is 30.0 Å². The van der Waals surface area contributed by atoms with Crippen molar-refractivity contribution >= 4 is 35.6 Å². The average Bonchev–Trinajstić information content (AvgIpc) is 3.08. The number of nitrogens with two attached hydrogens (primary N) is 1. The van der Waals surface area contributed by atoms with Gasteiger partial charge in [0, 0.05) is 6.07 Å². The molecule has 9 unspecified atom stereocenters. The van der Waals surface area contributed by atoms with Crippen LogP contribution < -0.4 is 11.1 Å². The zero-order valence-electron chi connectivity index (χ0n) is 14.1. The molecule has 9 atom stereocenters. The molecule has 140 valence electrons. The SMILES string of the molecule is I.NC(=NCC1(O)C2C3CC4C5C3CC2C5C41)Nc1cc(F)ccc1F. The van der Waals surface area contributed by atoms with Gasteiger partial charge < -0.3 is 16.2 Å². The number of hydrogen-bond donors (Lipinski definition) is 3. The maximum atomic E-state index is 13.7. The molecular weight excluding hydrogens is 451 g/mol. The highest BCUT2D eigenvalue weighted by atomic mass is 127. The highest BCUT2D eigenvalue weighted by Gasteiger charge is 2.84. The lowest BCUT2D eigenvalue weighted by atomic mass is 9.56. The Morgan fingerprint density at radius 1 is 1.15 bits per heavy atom.